The van der Waals surface area contributed by atoms with Crippen LogP contribution in [0.4, 0.5) is 26.7 Å². The molecule has 2 amide bonds. The van der Waals surface area contributed by atoms with E-state index >= 15 is 0 Å². The Kier molecular flexibility index (Phi) is 5.26. The Hall–Kier alpha value is -1.90. The Balaban J connectivity index is 3.02. The molecule has 20 heavy (non-hydrogen) atoms. The van der Waals surface area contributed by atoms with E-state index in [1.54, 1.807) is 5.48 Å². The third-order valence-corrected chi connectivity index (χ3v) is 2.20. The predicted octanol–water partition coefficient (Wildman–Crippen LogP) is 2.82. The van der Waals surface area contributed by atoms with Crippen LogP contribution in [0.1, 0.15) is 18.5 Å². The number of hydrogen-bond acceptors (Lipinski definition) is 2. The molecular weight excluding hydrogens is 287 g/mol. The first-order valence-corrected chi connectivity index (χ1v) is 5.46. The van der Waals surface area contributed by atoms with Crippen LogP contribution in [0.2, 0.25) is 0 Å². The highest BCUT2D eigenvalue weighted by atomic mass is 19.4. The lowest BCUT2D eigenvalue weighted by atomic mass is 10.1. The summed E-state index contributed by atoms with van der Waals surface area (Å²) in [6, 6.07) is -1.70. The molecule has 9 heteroatoms. The molecule has 0 bridgehead atoms. The Morgan fingerprint density at radius 2 is 2.00 bits per heavy atom. The summed E-state index contributed by atoms with van der Waals surface area (Å²) >= 11 is 0. The molecule has 1 atom stereocenters. The maximum atomic E-state index is 13.4. The summed E-state index contributed by atoms with van der Waals surface area (Å²) in [5.41, 5.74) is 0.649. The van der Waals surface area contributed by atoms with Gasteiger partial charge in [-0.15, -0.1) is 0 Å². The summed E-state index contributed by atoms with van der Waals surface area (Å²) in [6.45, 7) is 1.52. The van der Waals surface area contributed by atoms with Crippen molar-refractivity contribution >= 4 is 6.03 Å². The van der Waals surface area contributed by atoms with Gasteiger partial charge in [-0.2, -0.15) is 13.2 Å². The molecule has 0 heterocycles. The number of hydrogen-bond donors (Lipinski definition) is 2. The van der Waals surface area contributed by atoms with Crippen molar-refractivity contribution in [2.45, 2.75) is 19.1 Å². The van der Waals surface area contributed by atoms with Gasteiger partial charge in [0.25, 0.3) is 0 Å². The van der Waals surface area contributed by atoms with Crippen molar-refractivity contribution in [2.24, 2.45) is 0 Å². The fourth-order valence-electron chi connectivity index (χ4n) is 1.38. The molecule has 0 radical (unpaired) electrons. The summed E-state index contributed by atoms with van der Waals surface area (Å²) in [6.07, 6.45) is -5.00. The second kappa shape index (κ2) is 6.51. The molecule has 112 valence electrons. The van der Waals surface area contributed by atoms with Gasteiger partial charge in [-0.3, -0.25) is 4.84 Å². The molecule has 0 aromatic heterocycles. The lowest BCUT2D eigenvalue weighted by molar-refractivity contribution is -0.156. The predicted molar refractivity (Wildman–Crippen MR) is 58.4 cm³/mol. The maximum absolute atomic E-state index is 13.4. The van der Waals surface area contributed by atoms with Gasteiger partial charge in [-0.1, -0.05) is 12.1 Å². The van der Waals surface area contributed by atoms with Gasteiger partial charge in [0.1, 0.15) is 0 Å². The van der Waals surface area contributed by atoms with E-state index in [0.717, 1.165) is 12.1 Å². The molecule has 0 spiro atoms. The molecule has 1 aromatic rings. The zero-order chi connectivity index (χ0) is 15.3. The van der Waals surface area contributed by atoms with E-state index in [1.807, 2.05) is 0 Å². The monoisotopic (exact) mass is 298 g/mol. The second-order valence-electron chi connectivity index (χ2n) is 3.63. The van der Waals surface area contributed by atoms with Crippen LogP contribution in [-0.2, 0) is 4.84 Å². The highest BCUT2D eigenvalue weighted by Crippen LogP contribution is 2.34. The van der Waals surface area contributed by atoms with Gasteiger partial charge in [-0.05, 0) is 13.0 Å². The van der Waals surface area contributed by atoms with Gasteiger partial charge >= 0.3 is 12.2 Å². The molecule has 2 N–H and O–H groups in total. The van der Waals surface area contributed by atoms with Crippen LogP contribution in [0.15, 0.2) is 18.2 Å². The minimum atomic E-state index is -5.00. The minimum Gasteiger partial charge on any atom is -0.321 e. The Morgan fingerprint density at radius 1 is 1.35 bits per heavy atom. The van der Waals surface area contributed by atoms with Crippen molar-refractivity contribution in [1.29, 1.82) is 0 Å². The molecule has 1 rings (SSSR count). The molecule has 0 unspecified atom stereocenters. The Labute approximate surface area is 110 Å². The van der Waals surface area contributed by atoms with Crippen molar-refractivity contribution in [3.05, 3.63) is 35.4 Å². The molecule has 0 aliphatic heterocycles. The maximum Gasteiger partial charge on any atom is 0.413 e. The van der Waals surface area contributed by atoms with Crippen LogP contribution in [0.3, 0.4) is 0 Å². The zero-order valence-electron chi connectivity index (χ0n) is 10.2. The van der Waals surface area contributed by atoms with Crippen LogP contribution in [-0.4, -0.2) is 18.8 Å². The van der Waals surface area contributed by atoms with Crippen molar-refractivity contribution < 1.29 is 31.6 Å². The van der Waals surface area contributed by atoms with Gasteiger partial charge in [0.2, 0.25) is 0 Å². The fraction of sp³-hybridized carbons (Fsp3) is 0.364. The van der Waals surface area contributed by atoms with Gasteiger partial charge in [-0.25, -0.2) is 19.1 Å². The summed E-state index contributed by atoms with van der Waals surface area (Å²) in [7, 11) is 0. The number of alkyl halides is 3. The molecule has 0 saturated carbocycles. The van der Waals surface area contributed by atoms with Crippen LogP contribution < -0.4 is 10.8 Å². The highest BCUT2D eigenvalue weighted by Gasteiger charge is 2.43. The smallest absolute Gasteiger partial charge is 0.321 e. The molecule has 0 aliphatic carbocycles. The van der Waals surface area contributed by atoms with E-state index in [4.69, 9.17) is 0 Å². The standard InChI is InChI=1S/C11H11F5N2O2/c1-2-20-18-10(19)17-9(11(14,15)16)6-4-3-5-7(12)8(6)13/h3-5,9H,2H2,1H3,(H2,17,18,19)/t9-/m1/s1. The average Bonchev–Trinajstić information content (AvgIpc) is 2.36. The molecule has 4 nitrogen and oxygen atoms in total. The number of carbonyl (C=O) groups is 1. The van der Waals surface area contributed by atoms with E-state index in [1.165, 1.54) is 12.2 Å². The number of carbonyl (C=O) groups excluding carboxylic acids is 1. The number of rotatable bonds is 4. The summed E-state index contributed by atoms with van der Waals surface area (Å²) < 4.78 is 64.9. The average molecular weight is 298 g/mol. The van der Waals surface area contributed by atoms with Gasteiger partial charge in [0.15, 0.2) is 17.7 Å². The first-order chi connectivity index (χ1) is 9.27. The Morgan fingerprint density at radius 3 is 2.55 bits per heavy atom. The quantitative estimate of drug-likeness (QED) is 0.663. The number of nitrogens with one attached hydrogen (secondary N) is 2. The summed E-state index contributed by atoms with van der Waals surface area (Å²) in [5, 5.41) is 1.47. The van der Waals surface area contributed by atoms with Crippen LogP contribution in [0.25, 0.3) is 0 Å². The largest absolute Gasteiger partial charge is 0.413 e. The summed E-state index contributed by atoms with van der Waals surface area (Å²) in [4.78, 5) is 15.6. The highest BCUT2D eigenvalue weighted by molar-refractivity contribution is 5.73. The van der Waals surface area contributed by atoms with Gasteiger partial charge < -0.3 is 5.32 Å². The number of amides is 2. The van der Waals surface area contributed by atoms with E-state index in [-0.39, 0.29) is 6.61 Å². The third-order valence-electron chi connectivity index (χ3n) is 2.20. The van der Waals surface area contributed by atoms with Gasteiger partial charge in [0.05, 0.1) is 6.61 Å². The lowest BCUT2D eigenvalue weighted by Gasteiger charge is -2.22. The zero-order valence-corrected chi connectivity index (χ0v) is 10.2. The van der Waals surface area contributed by atoms with Crippen molar-refractivity contribution in [3.8, 4) is 0 Å². The van der Waals surface area contributed by atoms with E-state index in [0.29, 0.717) is 6.07 Å². The normalized spacial score (nSPS) is 12.9. The van der Waals surface area contributed by atoms with Crippen molar-refractivity contribution in [3.63, 3.8) is 0 Å². The molecule has 0 fully saturated rings. The topological polar surface area (TPSA) is 50.4 Å². The first kappa shape index (κ1) is 16.2. The van der Waals surface area contributed by atoms with Gasteiger partial charge in [0, 0.05) is 5.56 Å². The van der Waals surface area contributed by atoms with Crippen molar-refractivity contribution in [2.75, 3.05) is 6.61 Å². The lowest BCUT2D eigenvalue weighted by Crippen LogP contribution is -2.44. The Bertz CT molecular complexity index is 478. The third kappa shape index (κ3) is 4.05. The number of benzene rings is 1. The van der Waals surface area contributed by atoms with Crippen LogP contribution >= 0.6 is 0 Å². The van der Waals surface area contributed by atoms with Crippen molar-refractivity contribution in [1.82, 2.24) is 10.8 Å². The molecule has 0 saturated heterocycles. The van der Waals surface area contributed by atoms with E-state index in [9.17, 15) is 26.7 Å². The number of hydroxylamine groups is 1. The fourth-order valence-corrected chi connectivity index (χ4v) is 1.38. The molecular formula is C11H11F5N2O2. The van der Waals surface area contributed by atoms with E-state index < -0.39 is 35.4 Å². The number of halogens is 5. The SMILES string of the molecule is CCONC(=O)N[C@H](c1cccc(F)c1F)C(F)(F)F. The second-order valence-corrected chi connectivity index (χ2v) is 3.63. The molecule has 0 aliphatic rings. The van der Waals surface area contributed by atoms with Crippen LogP contribution in [0, 0.1) is 11.6 Å². The summed E-state index contributed by atoms with van der Waals surface area (Å²) in [5.74, 6) is -3.12. The first-order valence-electron chi connectivity index (χ1n) is 5.46. The van der Waals surface area contributed by atoms with E-state index in [2.05, 4.69) is 4.84 Å². The minimum absolute atomic E-state index is 0.0262. The van der Waals surface area contributed by atoms with Crippen LogP contribution in [0.5, 0.6) is 0 Å². The molecule has 1 aromatic carbocycles. The number of urea groups is 1.